The Bertz CT molecular complexity index is 1070. The van der Waals surface area contributed by atoms with Crippen molar-refractivity contribution in [1.29, 1.82) is 0 Å². The average Bonchev–Trinajstić information content (AvgIpc) is 2.82. The van der Waals surface area contributed by atoms with Crippen molar-refractivity contribution in [3.05, 3.63) is 133 Å². The maximum absolute atomic E-state index is 6.47. The highest BCUT2D eigenvalue weighted by molar-refractivity contribution is 5.74. The van der Waals surface area contributed by atoms with Crippen molar-refractivity contribution in [3.8, 4) is 33.8 Å². The zero-order valence-corrected chi connectivity index (χ0v) is 17.6. The molecule has 0 aliphatic rings. The van der Waals surface area contributed by atoms with E-state index in [0.29, 0.717) is 0 Å². The lowest BCUT2D eigenvalue weighted by molar-refractivity contribution is 0.486. The second-order valence-electron chi connectivity index (χ2n) is 7.47. The maximum atomic E-state index is 6.47. The molecule has 0 aliphatic carbocycles. The molecule has 0 atom stereocenters. The van der Waals surface area contributed by atoms with Gasteiger partial charge in [-0.1, -0.05) is 97.1 Å². The minimum atomic E-state index is 0.842. The quantitative estimate of drug-likeness (QED) is 0.269. The standard InChI is InChI=1S/C30H26O/c1-3-9-23-15-19-25(20-16-23)27-11-5-7-13-29(27)31-30-14-8-6-12-28(30)26-21-17-24(10-4-2)18-22-26/h3-8,11-22H,1-2,9-10H2. The summed E-state index contributed by atoms with van der Waals surface area (Å²) < 4.78 is 6.47. The Balaban J connectivity index is 1.66. The van der Waals surface area contributed by atoms with E-state index in [0.717, 1.165) is 46.6 Å². The van der Waals surface area contributed by atoms with Crippen LogP contribution < -0.4 is 4.74 Å². The molecule has 0 fully saturated rings. The molecule has 0 aromatic heterocycles. The number of allylic oxidation sites excluding steroid dienone is 2. The van der Waals surface area contributed by atoms with Crippen LogP contribution >= 0.6 is 0 Å². The lowest BCUT2D eigenvalue weighted by Gasteiger charge is -2.15. The van der Waals surface area contributed by atoms with E-state index < -0.39 is 0 Å². The van der Waals surface area contributed by atoms with Gasteiger partial charge in [0.25, 0.3) is 0 Å². The van der Waals surface area contributed by atoms with Crippen molar-refractivity contribution in [3.63, 3.8) is 0 Å². The minimum absolute atomic E-state index is 0.842. The number of para-hydroxylation sites is 2. The Labute approximate surface area is 185 Å². The van der Waals surface area contributed by atoms with E-state index >= 15 is 0 Å². The molecule has 4 aromatic rings. The Kier molecular flexibility index (Phi) is 6.44. The lowest BCUT2D eigenvalue weighted by atomic mass is 10.0. The van der Waals surface area contributed by atoms with Crippen LogP contribution in [0.5, 0.6) is 11.5 Å². The molecule has 4 aromatic carbocycles. The molecule has 1 heteroatoms. The molecule has 152 valence electrons. The highest BCUT2D eigenvalue weighted by atomic mass is 16.5. The van der Waals surface area contributed by atoms with Crippen molar-refractivity contribution >= 4 is 0 Å². The average molecular weight is 403 g/mol. The molecule has 0 heterocycles. The third-order valence-electron chi connectivity index (χ3n) is 5.28. The second-order valence-corrected chi connectivity index (χ2v) is 7.47. The molecule has 0 spiro atoms. The largest absolute Gasteiger partial charge is 0.456 e. The molecule has 31 heavy (non-hydrogen) atoms. The minimum Gasteiger partial charge on any atom is -0.456 e. The monoisotopic (exact) mass is 402 g/mol. The van der Waals surface area contributed by atoms with E-state index in [9.17, 15) is 0 Å². The first-order valence-electron chi connectivity index (χ1n) is 10.5. The zero-order chi connectivity index (χ0) is 21.5. The molecule has 0 saturated heterocycles. The topological polar surface area (TPSA) is 9.23 Å². The molecule has 0 radical (unpaired) electrons. The molecule has 0 saturated carbocycles. The predicted octanol–water partition coefficient (Wildman–Crippen LogP) is 8.27. The van der Waals surface area contributed by atoms with Gasteiger partial charge in [-0.25, -0.2) is 0 Å². The first kappa shape index (κ1) is 20.4. The summed E-state index contributed by atoms with van der Waals surface area (Å²) in [6.07, 6.45) is 5.59. The summed E-state index contributed by atoms with van der Waals surface area (Å²) in [6, 6.07) is 33.5. The molecule has 0 aliphatic heterocycles. The maximum Gasteiger partial charge on any atom is 0.135 e. The fourth-order valence-corrected chi connectivity index (χ4v) is 3.68. The van der Waals surface area contributed by atoms with Gasteiger partial charge in [-0.2, -0.15) is 0 Å². The van der Waals surface area contributed by atoms with Crippen LogP contribution in [0.2, 0.25) is 0 Å². The van der Waals surface area contributed by atoms with Crippen molar-refractivity contribution in [2.45, 2.75) is 12.8 Å². The Morgan fingerprint density at radius 3 is 1.29 bits per heavy atom. The van der Waals surface area contributed by atoms with Gasteiger partial charge in [0.15, 0.2) is 0 Å². The summed E-state index contributed by atoms with van der Waals surface area (Å²) in [5, 5.41) is 0. The lowest BCUT2D eigenvalue weighted by Crippen LogP contribution is -1.92. The van der Waals surface area contributed by atoms with Gasteiger partial charge in [-0.05, 0) is 47.2 Å². The SMILES string of the molecule is C=CCc1ccc(-c2ccccc2Oc2ccccc2-c2ccc(CC=C)cc2)cc1. The third kappa shape index (κ3) is 4.84. The number of hydrogen-bond donors (Lipinski definition) is 0. The molecular weight excluding hydrogens is 376 g/mol. The van der Waals surface area contributed by atoms with Crippen LogP contribution in [-0.4, -0.2) is 0 Å². The van der Waals surface area contributed by atoms with Crippen LogP contribution in [0, 0.1) is 0 Å². The Morgan fingerprint density at radius 1 is 0.516 bits per heavy atom. The smallest absolute Gasteiger partial charge is 0.135 e. The van der Waals surface area contributed by atoms with Crippen molar-refractivity contribution < 1.29 is 4.74 Å². The van der Waals surface area contributed by atoms with Crippen LogP contribution in [0.1, 0.15) is 11.1 Å². The molecule has 0 bridgehead atoms. The van der Waals surface area contributed by atoms with Crippen LogP contribution in [-0.2, 0) is 12.8 Å². The number of benzene rings is 4. The van der Waals surface area contributed by atoms with Gasteiger partial charge in [-0.15, -0.1) is 13.2 Å². The number of ether oxygens (including phenoxy) is 1. The summed E-state index contributed by atoms with van der Waals surface area (Å²) in [4.78, 5) is 0. The summed E-state index contributed by atoms with van der Waals surface area (Å²) in [7, 11) is 0. The normalized spacial score (nSPS) is 10.5. The molecule has 0 N–H and O–H groups in total. The van der Waals surface area contributed by atoms with Gasteiger partial charge in [0.1, 0.15) is 11.5 Å². The predicted molar refractivity (Wildman–Crippen MR) is 132 cm³/mol. The first-order valence-corrected chi connectivity index (χ1v) is 10.5. The summed E-state index contributed by atoms with van der Waals surface area (Å²) in [6.45, 7) is 7.64. The van der Waals surface area contributed by atoms with Gasteiger partial charge in [0, 0.05) is 11.1 Å². The molecule has 4 rings (SSSR count). The Morgan fingerprint density at radius 2 is 0.903 bits per heavy atom. The highest BCUT2D eigenvalue weighted by Crippen LogP contribution is 2.38. The van der Waals surface area contributed by atoms with Gasteiger partial charge in [0.2, 0.25) is 0 Å². The molecule has 1 nitrogen and oxygen atoms in total. The van der Waals surface area contributed by atoms with E-state index in [1.54, 1.807) is 0 Å². The highest BCUT2D eigenvalue weighted by Gasteiger charge is 2.11. The van der Waals surface area contributed by atoms with Gasteiger partial charge < -0.3 is 4.74 Å². The van der Waals surface area contributed by atoms with E-state index in [1.807, 2.05) is 48.6 Å². The van der Waals surface area contributed by atoms with Gasteiger partial charge in [-0.3, -0.25) is 0 Å². The van der Waals surface area contributed by atoms with Gasteiger partial charge >= 0.3 is 0 Å². The zero-order valence-electron chi connectivity index (χ0n) is 17.6. The van der Waals surface area contributed by atoms with Crippen LogP contribution in [0.4, 0.5) is 0 Å². The van der Waals surface area contributed by atoms with Crippen molar-refractivity contribution in [1.82, 2.24) is 0 Å². The van der Waals surface area contributed by atoms with Crippen molar-refractivity contribution in [2.75, 3.05) is 0 Å². The van der Waals surface area contributed by atoms with Crippen LogP contribution in [0.25, 0.3) is 22.3 Å². The third-order valence-corrected chi connectivity index (χ3v) is 5.28. The van der Waals surface area contributed by atoms with Crippen LogP contribution in [0.15, 0.2) is 122 Å². The van der Waals surface area contributed by atoms with E-state index in [-0.39, 0.29) is 0 Å². The molecule has 0 amide bonds. The fourth-order valence-electron chi connectivity index (χ4n) is 3.68. The summed E-state index contributed by atoms with van der Waals surface area (Å²) in [5.41, 5.74) is 6.92. The van der Waals surface area contributed by atoms with Crippen molar-refractivity contribution in [2.24, 2.45) is 0 Å². The number of rotatable bonds is 8. The molecular formula is C30H26O. The van der Waals surface area contributed by atoms with Gasteiger partial charge in [0.05, 0.1) is 0 Å². The molecule has 0 unspecified atom stereocenters. The fraction of sp³-hybridized carbons (Fsp3) is 0.0667. The van der Waals surface area contributed by atoms with E-state index in [2.05, 4.69) is 73.8 Å². The van der Waals surface area contributed by atoms with Crippen LogP contribution in [0.3, 0.4) is 0 Å². The first-order chi connectivity index (χ1) is 15.3. The van der Waals surface area contributed by atoms with E-state index in [4.69, 9.17) is 4.74 Å². The second kappa shape index (κ2) is 9.77. The summed E-state index contributed by atoms with van der Waals surface area (Å²) >= 11 is 0. The number of hydrogen-bond acceptors (Lipinski definition) is 1. The summed E-state index contributed by atoms with van der Waals surface area (Å²) in [5.74, 6) is 1.68. The van der Waals surface area contributed by atoms with E-state index in [1.165, 1.54) is 11.1 Å². The Hall–Kier alpha value is -3.84.